The highest BCUT2D eigenvalue weighted by molar-refractivity contribution is 5.68. The number of hydrogen-bond acceptors (Lipinski definition) is 1. The highest BCUT2D eigenvalue weighted by atomic mass is 19.4. The van der Waals surface area contributed by atoms with Crippen LogP contribution in [-0.2, 0) is 12.7 Å². The van der Waals surface area contributed by atoms with Crippen LogP contribution < -0.4 is 0 Å². The molecule has 1 atom stereocenters. The Labute approximate surface area is 141 Å². The van der Waals surface area contributed by atoms with Crippen molar-refractivity contribution in [3.05, 3.63) is 59.2 Å². The number of rotatable bonds is 3. The summed E-state index contributed by atoms with van der Waals surface area (Å²) >= 11 is 0. The standard InChI is InChI=1S/C20H22F3N/c1-14-11-18(20(21,22)23)8-9-19(14)17-7-3-6-16(12-17)13-24-10-4-5-15(24)2/h3,6-9,11-12,15H,4-5,10,13H2,1-2H3. The maximum Gasteiger partial charge on any atom is 0.416 e. The van der Waals surface area contributed by atoms with E-state index in [1.165, 1.54) is 24.5 Å². The number of hydrogen-bond donors (Lipinski definition) is 0. The Kier molecular flexibility index (Phi) is 4.68. The van der Waals surface area contributed by atoms with E-state index in [1.54, 1.807) is 13.0 Å². The number of halogens is 3. The lowest BCUT2D eigenvalue weighted by Gasteiger charge is -2.21. The average molecular weight is 333 g/mol. The van der Waals surface area contributed by atoms with Gasteiger partial charge in [0.25, 0.3) is 0 Å². The molecule has 1 fully saturated rings. The van der Waals surface area contributed by atoms with Crippen molar-refractivity contribution in [1.29, 1.82) is 0 Å². The van der Waals surface area contributed by atoms with Crippen molar-refractivity contribution in [3.63, 3.8) is 0 Å². The van der Waals surface area contributed by atoms with Crippen LogP contribution in [-0.4, -0.2) is 17.5 Å². The third-order valence-electron chi connectivity index (χ3n) is 4.87. The van der Waals surface area contributed by atoms with Gasteiger partial charge in [-0.2, -0.15) is 13.2 Å². The topological polar surface area (TPSA) is 3.24 Å². The normalized spacial score (nSPS) is 19.0. The molecule has 2 aromatic rings. The van der Waals surface area contributed by atoms with Crippen molar-refractivity contribution >= 4 is 0 Å². The SMILES string of the molecule is Cc1cc(C(F)(F)F)ccc1-c1cccc(CN2CCCC2C)c1. The van der Waals surface area contributed by atoms with E-state index >= 15 is 0 Å². The summed E-state index contributed by atoms with van der Waals surface area (Å²) in [5.41, 5.74) is 3.10. The first-order valence-corrected chi connectivity index (χ1v) is 8.36. The second kappa shape index (κ2) is 6.60. The molecule has 0 N–H and O–H groups in total. The van der Waals surface area contributed by atoms with Gasteiger partial charge in [-0.1, -0.05) is 24.3 Å². The van der Waals surface area contributed by atoms with Gasteiger partial charge in [-0.25, -0.2) is 0 Å². The lowest BCUT2D eigenvalue weighted by molar-refractivity contribution is -0.137. The third kappa shape index (κ3) is 3.64. The number of nitrogens with zero attached hydrogens (tertiary/aromatic N) is 1. The Morgan fingerprint density at radius 2 is 1.92 bits per heavy atom. The van der Waals surface area contributed by atoms with Crippen molar-refractivity contribution in [2.45, 2.75) is 45.5 Å². The van der Waals surface area contributed by atoms with Crippen molar-refractivity contribution in [1.82, 2.24) is 4.90 Å². The molecule has 0 spiro atoms. The summed E-state index contributed by atoms with van der Waals surface area (Å²) in [7, 11) is 0. The minimum absolute atomic E-state index is 0.592. The minimum Gasteiger partial charge on any atom is -0.296 e. The Morgan fingerprint density at radius 1 is 1.12 bits per heavy atom. The van der Waals surface area contributed by atoms with E-state index in [0.717, 1.165) is 30.3 Å². The van der Waals surface area contributed by atoms with Crippen molar-refractivity contribution in [2.75, 3.05) is 6.54 Å². The van der Waals surface area contributed by atoms with E-state index in [4.69, 9.17) is 0 Å². The zero-order valence-corrected chi connectivity index (χ0v) is 14.0. The van der Waals surface area contributed by atoms with Gasteiger partial charge in [0.15, 0.2) is 0 Å². The molecule has 1 unspecified atom stereocenters. The van der Waals surface area contributed by atoms with E-state index in [-0.39, 0.29) is 0 Å². The zero-order chi connectivity index (χ0) is 17.3. The van der Waals surface area contributed by atoms with E-state index in [9.17, 15) is 13.2 Å². The Balaban J connectivity index is 1.86. The van der Waals surface area contributed by atoms with Gasteiger partial charge in [-0.3, -0.25) is 4.90 Å². The molecule has 3 rings (SSSR count). The molecular formula is C20H22F3N. The summed E-state index contributed by atoms with van der Waals surface area (Å²) in [6, 6.07) is 12.7. The molecule has 0 aromatic heterocycles. The predicted molar refractivity (Wildman–Crippen MR) is 90.7 cm³/mol. The molecule has 128 valence electrons. The van der Waals surface area contributed by atoms with Gasteiger partial charge in [-0.15, -0.1) is 0 Å². The first-order valence-electron chi connectivity index (χ1n) is 8.36. The van der Waals surface area contributed by atoms with Gasteiger partial charge in [0.1, 0.15) is 0 Å². The van der Waals surface area contributed by atoms with Gasteiger partial charge < -0.3 is 0 Å². The molecule has 24 heavy (non-hydrogen) atoms. The summed E-state index contributed by atoms with van der Waals surface area (Å²) < 4.78 is 38.5. The highest BCUT2D eigenvalue weighted by Gasteiger charge is 2.30. The summed E-state index contributed by atoms with van der Waals surface area (Å²) in [5.74, 6) is 0. The Morgan fingerprint density at radius 3 is 2.54 bits per heavy atom. The summed E-state index contributed by atoms with van der Waals surface area (Å²) in [5, 5.41) is 0. The quantitative estimate of drug-likeness (QED) is 0.700. The summed E-state index contributed by atoms with van der Waals surface area (Å²) in [4.78, 5) is 2.46. The summed E-state index contributed by atoms with van der Waals surface area (Å²) in [6.07, 6.45) is -1.83. The monoisotopic (exact) mass is 333 g/mol. The van der Waals surface area contributed by atoms with Crippen LogP contribution in [0.25, 0.3) is 11.1 Å². The molecule has 0 amide bonds. The van der Waals surface area contributed by atoms with Crippen molar-refractivity contribution in [3.8, 4) is 11.1 Å². The Hall–Kier alpha value is -1.81. The van der Waals surface area contributed by atoms with Gasteiger partial charge >= 0.3 is 6.18 Å². The molecule has 0 bridgehead atoms. The smallest absolute Gasteiger partial charge is 0.296 e. The van der Waals surface area contributed by atoms with Crippen LogP contribution in [0.5, 0.6) is 0 Å². The van der Waals surface area contributed by atoms with Crippen LogP contribution >= 0.6 is 0 Å². The third-order valence-corrected chi connectivity index (χ3v) is 4.87. The first kappa shape index (κ1) is 17.0. The van der Waals surface area contributed by atoms with Gasteiger partial charge in [0, 0.05) is 12.6 Å². The second-order valence-corrected chi connectivity index (χ2v) is 6.69. The van der Waals surface area contributed by atoms with Crippen LogP contribution in [0.1, 0.15) is 36.5 Å². The number of benzene rings is 2. The lowest BCUT2D eigenvalue weighted by Crippen LogP contribution is -2.26. The molecular weight excluding hydrogens is 311 g/mol. The van der Waals surface area contributed by atoms with Crippen LogP contribution in [0.2, 0.25) is 0 Å². The largest absolute Gasteiger partial charge is 0.416 e. The van der Waals surface area contributed by atoms with Crippen LogP contribution in [0, 0.1) is 6.92 Å². The van der Waals surface area contributed by atoms with Gasteiger partial charge in [0.2, 0.25) is 0 Å². The molecule has 0 saturated carbocycles. The van der Waals surface area contributed by atoms with Crippen molar-refractivity contribution < 1.29 is 13.2 Å². The fourth-order valence-corrected chi connectivity index (χ4v) is 3.46. The maximum absolute atomic E-state index is 12.8. The molecule has 0 aliphatic carbocycles. The van der Waals surface area contributed by atoms with E-state index in [0.29, 0.717) is 11.6 Å². The molecule has 1 heterocycles. The zero-order valence-electron chi connectivity index (χ0n) is 14.0. The number of likely N-dealkylation sites (tertiary alicyclic amines) is 1. The molecule has 4 heteroatoms. The van der Waals surface area contributed by atoms with Crippen LogP contribution in [0.15, 0.2) is 42.5 Å². The number of aryl methyl sites for hydroxylation is 1. The molecule has 1 aliphatic rings. The van der Waals surface area contributed by atoms with Gasteiger partial charge in [0.05, 0.1) is 5.56 Å². The Bertz CT molecular complexity index is 721. The van der Waals surface area contributed by atoms with E-state index in [2.05, 4.69) is 24.0 Å². The fraction of sp³-hybridized carbons (Fsp3) is 0.400. The fourth-order valence-electron chi connectivity index (χ4n) is 3.46. The average Bonchev–Trinajstić information content (AvgIpc) is 2.92. The molecule has 1 aliphatic heterocycles. The predicted octanol–water partition coefficient (Wildman–Crippen LogP) is 5.67. The van der Waals surface area contributed by atoms with E-state index < -0.39 is 11.7 Å². The molecule has 1 nitrogen and oxygen atoms in total. The highest BCUT2D eigenvalue weighted by Crippen LogP contribution is 2.33. The summed E-state index contributed by atoms with van der Waals surface area (Å²) in [6.45, 7) is 6.00. The first-order chi connectivity index (χ1) is 11.3. The maximum atomic E-state index is 12.8. The lowest BCUT2D eigenvalue weighted by atomic mass is 9.97. The molecule has 0 radical (unpaired) electrons. The van der Waals surface area contributed by atoms with Crippen molar-refractivity contribution in [2.24, 2.45) is 0 Å². The molecule has 1 saturated heterocycles. The second-order valence-electron chi connectivity index (χ2n) is 6.69. The van der Waals surface area contributed by atoms with E-state index in [1.807, 2.05) is 12.1 Å². The van der Waals surface area contributed by atoms with Crippen LogP contribution in [0.3, 0.4) is 0 Å². The minimum atomic E-state index is -4.29. The molecule has 2 aromatic carbocycles. The van der Waals surface area contributed by atoms with Gasteiger partial charge in [-0.05, 0) is 73.7 Å². The van der Waals surface area contributed by atoms with Crippen LogP contribution in [0.4, 0.5) is 13.2 Å². The number of alkyl halides is 3.